The summed E-state index contributed by atoms with van der Waals surface area (Å²) >= 11 is 5.80. The number of sulfonamides is 1. The van der Waals surface area contributed by atoms with Crippen LogP contribution < -0.4 is 4.72 Å². The highest BCUT2D eigenvalue weighted by molar-refractivity contribution is 7.89. The van der Waals surface area contributed by atoms with Gasteiger partial charge in [-0.05, 0) is 35.9 Å². The van der Waals surface area contributed by atoms with Crippen LogP contribution in [0.3, 0.4) is 0 Å². The highest BCUT2D eigenvalue weighted by atomic mass is 35.5. The fourth-order valence-electron chi connectivity index (χ4n) is 2.07. The minimum absolute atomic E-state index is 0.291. The van der Waals surface area contributed by atoms with Gasteiger partial charge in [0.15, 0.2) is 11.6 Å². The van der Waals surface area contributed by atoms with Crippen LogP contribution in [0.4, 0.5) is 8.78 Å². The molecular formula is C16H14ClF2NO4S. The molecule has 0 unspecified atom stereocenters. The minimum atomic E-state index is -4.21. The molecule has 2 aromatic rings. The molecule has 0 aliphatic carbocycles. The number of rotatable bonds is 6. The second-order valence-electron chi connectivity index (χ2n) is 5.08. The van der Waals surface area contributed by atoms with E-state index in [-0.39, 0.29) is 6.42 Å². The van der Waals surface area contributed by atoms with E-state index in [0.717, 1.165) is 6.07 Å². The SMILES string of the molecule is COC(=O)C[C@H](NS(=O)(=O)c1ccc(F)c(F)c1)c1ccc(Cl)cc1. The quantitative estimate of drug-likeness (QED) is 0.770. The van der Waals surface area contributed by atoms with E-state index < -0.39 is 38.6 Å². The van der Waals surface area contributed by atoms with Crippen molar-refractivity contribution in [2.75, 3.05) is 7.11 Å². The summed E-state index contributed by atoms with van der Waals surface area (Å²) in [5.41, 5.74) is 0.459. The monoisotopic (exact) mass is 389 g/mol. The Labute approximate surface area is 148 Å². The zero-order chi connectivity index (χ0) is 18.6. The van der Waals surface area contributed by atoms with Gasteiger partial charge in [-0.25, -0.2) is 21.9 Å². The number of carbonyl (C=O) groups excluding carboxylic acids is 1. The van der Waals surface area contributed by atoms with Crippen molar-refractivity contribution in [3.63, 3.8) is 0 Å². The van der Waals surface area contributed by atoms with Crippen LogP contribution in [0, 0.1) is 11.6 Å². The number of ether oxygens (including phenoxy) is 1. The predicted molar refractivity (Wildman–Crippen MR) is 87.5 cm³/mol. The van der Waals surface area contributed by atoms with Crippen molar-refractivity contribution in [2.24, 2.45) is 0 Å². The summed E-state index contributed by atoms with van der Waals surface area (Å²) in [5, 5.41) is 0.434. The van der Waals surface area contributed by atoms with Crippen LogP contribution in [0.5, 0.6) is 0 Å². The van der Waals surface area contributed by atoms with E-state index in [0.29, 0.717) is 22.7 Å². The van der Waals surface area contributed by atoms with Crippen molar-refractivity contribution in [3.8, 4) is 0 Å². The van der Waals surface area contributed by atoms with Gasteiger partial charge in [0.25, 0.3) is 0 Å². The van der Waals surface area contributed by atoms with Crippen LogP contribution in [-0.4, -0.2) is 21.5 Å². The van der Waals surface area contributed by atoms with Crippen LogP contribution in [0.15, 0.2) is 47.4 Å². The summed E-state index contributed by atoms with van der Waals surface area (Å²) < 4.78 is 58.1. The molecule has 0 saturated heterocycles. The Hall–Kier alpha value is -2.03. The molecule has 0 amide bonds. The summed E-state index contributed by atoms with van der Waals surface area (Å²) in [6, 6.07) is 7.39. The maximum Gasteiger partial charge on any atom is 0.307 e. The van der Waals surface area contributed by atoms with E-state index in [9.17, 15) is 22.0 Å². The normalized spacial score (nSPS) is 12.6. The molecule has 5 nitrogen and oxygen atoms in total. The molecular weight excluding hydrogens is 376 g/mol. The van der Waals surface area contributed by atoms with E-state index >= 15 is 0 Å². The molecule has 2 rings (SSSR count). The highest BCUT2D eigenvalue weighted by Crippen LogP contribution is 2.23. The molecule has 0 spiro atoms. The second-order valence-corrected chi connectivity index (χ2v) is 7.23. The standard InChI is InChI=1S/C16H14ClF2NO4S/c1-24-16(21)9-15(10-2-4-11(17)5-3-10)20-25(22,23)12-6-7-13(18)14(19)8-12/h2-8,15,20H,9H2,1H3/t15-/m0/s1. The van der Waals surface area contributed by atoms with Crippen molar-refractivity contribution in [1.82, 2.24) is 4.72 Å². The number of benzene rings is 2. The lowest BCUT2D eigenvalue weighted by Gasteiger charge is -2.18. The predicted octanol–water partition coefficient (Wildman–Crippen LogP) is 3.20. The summed E-state index contributed by atoms with van der Waals surface area (Å²) in [5.74, 6) is -3.10. The molecule has 1 N–H and O–H groups in total. The van der Waals surface area contributed by atoms with Crippen LogP contribution in [0.25, 0.3) is 0 Å². The van der Waals surface area contributed by atoms with E-state index in [1.54, 1.807) is 12.1 Å². The van der Waals surface area contributed by atoms with Gasteiger partial charge in [0, 0.05) is 5.02 Å². The number of esters is 1. The lowest BCUT2D eigenvalue weighted by Crippen LogP contribution is -2.30. The number of halogens is 3. The fourth-order valence-corrected chi connectivity index (χ4v) is 3.43. The minimum Gasteiger partial charge on any atom is -0.469 e. The Balaban J connectivity index is 2.35. The Morgan fingerprint density at radius 2 is 1.80 bits per heavy atom. The number of nitrogens with one attached hydrogen (secondary N) is 1. The van der Waals surface area contributed by atoms with Gasteiger partial charge in [-0.3, -0.25) is 4.79 Å². The first-order chi connectivity index (χ1) is 11.7. The summed E-state index contributed by atoms with van der Waals surface area (Å²) in [6.45, 7) is 0. The van der Waals surface area contributed by atoms with Crippen molar-refractivity contribution in [1.29, 1.82) is 0 Å². The number of hydrogen-bond acceptors (Lipinski definition) is 4. The van der Waals surface area contributed by atoms with Crippen LogP contribution in [0.2, 0.25) is 5.02 Å². The van der Waals surface area contributed by atoms with Crippen LogP contribution >= 0.6 is 11.6 Å². The van der Waals surface area contributed by atoms with Gasteiger partial charge in [-0.2, -0.15) is 0 Å². The second kappa shape index (κ2) is 7.90. The average Bonchev–Trinajstić information content (AvgIpc) is 2.57. The molecule has 25 heavy (non-hydrogen) atoms. The first-order valence-electron chi connectivity index (χ1n) is 7.02. The third kappa shape index (κ3) is 4.97. The largest absolute Gasteiger partial charge is 0.469 e. The van der Waals surface area contributed by atoms with E-state index in [2.05, 4.69) is 9.46 Å². The lowest BCUT2D eigenvalue weighted by atomic mass is 10.1. The first kappa shape index (κ1) is 19.3. The van der Waals surface area contributed by atoms with Crippen molar-refractivity contribution < 1.29 is 26.7 Å². The van der Waals surface area contributed by atoms with Gasteiger partial charge >= 0.3 is 5.97 Å². The van der Waals surface area contributed by atoms with Gasteiger partial charge in [0.1, 0.15) is 0 Å². The fraction of sp³-hybridized carbons (Fsp3) is 0.188. The zero-order valence-electron chi connectivity index (χ0n) is 13.0. The Morgan fingerprint density at radius 3 is 2.36 bits per heavy atom. The van der Waals surface area contributed by atoms with Crippen LogP contribution in [0.1, 0.15) is 18.0 Å². The maximum atomic E-state index is 13.3. The third-order valence-corrected chi connectivity index (χ3v) is 5.09. The van der Waals surface area contributed by atoms with Crippen molar-refractivity contribution in [3.05, 3.63) is 64.7 Å². The average molecular weight is 390 g/mol. The molecule has 0 saturated carbocycles. The van der Waals surface area contributed by atoms with Crippen molar-refractivity contribution >= 4 is 27.6 Å². The van der Waals surface area contributed by atoms with Gasteiger partial charge in [0.05, 0.1) is 24.5 Å². The summed E-state index contributed by atoms with van der Waals surface area (Å²) in [4.78, 5) is 11.1. The molecule has 134 valence electrons. The molecule has 0 aliphatic heterocycles. The van der Waals surface area contributed by atoms with E-state index in [4.69, 9.17) is 11.6 Å². The molecule has 2 aromatic carbocycles. The number of hydrogen-bond donors (Lipinski definition) is 1. The molecule has 0 aromatic heterocycles. The zero-order valence-corrected chi connectivity index (χ0v) is 14.6. The summed E-state index contributed by atoms with van der Waals surface area (Å²) in [7, 11) is -3.04. The summed E-state index contributed by atoms with van der Waals surface area (Å²) in [6.07, 6.45) is -0.291. The van der Waals surface area contributed by atoms with Gasteiger partial charge in [-0.1, -0.05) is 23.7 Å². The molecule has 0 heterocycles. The number of carbonyl (C=O) groups is 1. The lowest BCUT2D eigenvalue weighted by molar-refractivity contribution is -0.141. The molecule has 9 heteroatoms. The Bertz CT molecular complexity index is 872. The van der Waals surface area contributed by atoms with Gasteiger partial charge < -0.3 is 4.74 Å². The Morgan fingerprint density at radius 1 is 1.16 bits per heavy atom. The van der Waals surface area contributed by atoms with E-state index in [1.807, 2.05) is 0 Å². The first-order valence-corrected chi connectivity index (χ1v) is 8.88. The van der Waals surface area contributed by atoms with Crippen LogP contribution in [-0.2, 0) is 19.6 Å². The topological polar surface area (TPSA) is 72.5 Å². The Kier molecular flexibility index (Phi) is 6.10. The third-order valence-electron chi connectivity index (χ3n) is 3.37. The number of methoxy groups -OCH3 is 1. The molecule has 0 bridgehead atoms. The van der Waals surface area contributed by atoms with E-state index in [1.165, 1.54) is 19.2 Å². The molecule has 0 radical (unpaired) electrons. The maximum absolute atomic E-state index is 13.3. The smallest absolute Gasteiger partial charge is 0.307 e. The van der Waals surface area contributed by atoms with Crippen molar-refractivity contribution in [2.45, 2.75) is 17.4 Å². The highest BCUT2D eigenvalue weighted by Gasteiger charge is 2.25. The van der Waals surface area contributed by atoms with Gasteiger partial charge in [0.2, 0.25) is 10.0 Å². The molecule has 0 fully saturated rings. The molecule has 1 atom stereocenters. The molecule has 0 aliphatic rings. The van der Waals surface area contributed by atoms with Gasteiger partial charge in [-0.15, -0.1) is 0 Å².